The summed E-state index contributed by atoms with van der Waals surface area (Å²) in [5, 5.41) is 3.61. The van der Waals surface area contributed by atoms with Crippen LogP contribution in [0.4, 0.5) is 11.4 Å². The van der Waals surface area contributed by atoms with E-state index in [4.69, 9.17) is 0 Å². The zero-order valence-corrected chi connectivity index (χ0v) is 12.1. The average molecular weight is 274 g/mol. The number of anilines is 2. The predicted octanol–water partition coefficient (Wildman–Crippen LogP) is 4.83. The number of aromatic amines is 1. The number of H-pyrrole nitrogens is 1. The third-order valence-corrected chi connectivity index (χ3v) is 4.44. The highest BCUT2D eigenvalue weighted by Gasteiger charge is 2.16. The molecule has 0 unspecified atom stereocenters. The topological polar surface area (TPSA) is 27.8 Å². The monoisotopic (exact) mass is 274 g/mol. The number of fused-ring (bicyclic) bond motifs is 2. The van der Waals surface area contributed by atoms with Gasteiger partial charge in [0.05, 0.1) is 0 Å². The summed E-state index contributed by atoms with van der Waals surface area (Å²) in [5.74, 6) is 0. The van der Waals surface area contributed by atoms with Gasteiger partial charge in [0.2, 0.25) is 0 Å². The molecule has 1 aliphatic heterocycles. The van der Waals surface area contributed by atoms with Crippen LogP contribution in [-0.2, 0) is 12.8 Å². The lowest BCUT2D eigenvalue weighted by Crippen LogP contribution is -1.97. The summed E-state index contributed by atoms with van der Waals surface area (Å²) in [5.41, 5.74) is 9.29. The molecule has 0 aliphatic carbocycles. The maximum atomic E-state index is 3.61. The molecule has 2 heterocycles. The Morgan fingerprint density at radius 2 is 1.81 bits per heavy atom. The first kappa shape index (κ1) is 12.3. The van der Waals surface area contributed by atoms with Crippen molar-refractivity contribution in [1.29, 1.82) is 0 Å². The van der Waals surface area contributed by atoms with E-state index in [2.05, 4.69) is 65.9 Å². The van der Waals surface area contributed by atoms with Gasteiger partial charge in [0.25, 0.3) is 0 Å². The molecule has 0 fully saturated rings. The number of hydrogen-bond donors (Lipinski definition) is 2. The third kappa shape index (κ3) is 2.04. The third-order valence-electron chi connectivity index (χ3n) is 4.44. The molecule has 2 heteroatoms. The van der Waals surface area contributed by atoms with Gasteiger partial charge in [-0.15, -0.1) is 0 Å². The van der Waals surface area contributed by atoms with E-state index in [-0.39, 0.29) is 0 Å². The van der Waals surface area contributed by atoms with Gasteiger partial charge in [-0.1, -0.05) is 24.3 Å². The number of rotatable bonds is 1. The van der Waals surface area contributed by atoms with Crippen molar-refractivity contribution >= 4 is 11.4 Å². The largest absolute Gasteiger partial charge is 0.367 e. The van der Waals surface area contributed by atoms with Crippen LogP contribution in [-0.4, -0.2) is 4.98 Å². The maximum Gasteiger partial charge on any atom is 0.0420 e. The van der Waals surface area contributed by atoms with Crippen LogP contribution >= 0.6 is 0 Å². The Morgan fingerprint density at radius 3 is 2.67 bits per heavy atom. The summed E-state index contributed by atoms with van der Waals surface area (Å²) < 4.78 is 0. The normalized spacial score (nSPS) is 13.0. The second-order valence-corrected chi connectivity index (χ2v) is 5.65. The molecule has 0 amide bonds. The lowest BCUT2D eigenvalue weighted by molar-refractivity contribution is 0.967. The van der Waals surface area contributed by atoms with E-state index in [0.29, 0.717) is 0 Å². The lowest BCUT2D eigenvalue weighted by Gasteiger charge is -2.14. The molecule has 4 rings (SSSR count). The van der Waals surface area contributed by atoms with Crippen LogP contribution in [0.1, 0.15) is 16.7 Å². The minimum absolute atomic E-state index is 1.09. The van der Waals surface area contributed by atoms with Gasteiger partial charge in [-0.05, 0) is 65.8 Å². The smallest absolute Gasteiger partial charge is 0.0420 e. The average Bonchev–Trinajstić information content (AvgIpc) is 2.95. The number of para-hydroxylation sites is 1. The lowest BCUT2D eigenvalue weighted by atomic mass is 9.94. The molecule has 0 radical (unpaired) electrons. The summed E-state index contributed by atoms with van der Waals surface area (Å²) in [6.45, 7) is 2.23. The van der Waals surface area contributed by atoms with Gasteiger partial charge in [0.15, 0.2) is 0 Å². The van der Waals surface area contributed by atoms with Crippen molar-refractivity contribution in [2.45, 2.75) is 19.8 Å². The molecule has 0 saturated carbocycles. The number of aryl methyl sites for hydroxylation is 1. The standard InChI is InChI=1S/C19H18N2/c1-13-16(15-10-11-20-12-15)8-9-19-17(13)7-6-14-4-2-3-5-18(14)21-19/h2-5,8-12,20-21H,6-7H2,1H3. The zero-order valence-electron chi connectivity index (χ0n) is 12.1. The second-order valence-electron chi connectivity index (χ2n) is 5.65. The molecule has 21 heavy (non-hydrogen) atoms. The van der Waals surface area contributed by atoms with Crippen molar-refractivity contribution in [1.82, 2.24) is 4.98 Å². The van der Waals surface area contributed by atoms with E-state index in [1.807, 2.05) is 6.20 Å². The van der Waals surface area contributed by atoms with Crippen molar-refractivity contribution in [3.63, 3.8) is 0 Å². The predicted molar refractivity (Wildman–Crippen MR) is 88.1 cm³/mol. The molecule has 2 aromatic carbocycles. The summed E-state index contributed by atoms with van der Waals surface area (Å²) in [6, 6.07) is 15.2. The molecular formula is C19H18N2. The Hall–Kier alpha value is -2.48. The van der Waals surface area contributed by atoms with E-state index in [1.165, 1.54) is 39.2 Å². The van der Waals surface area contributed by atoms with Crippen LogP contribution in [0.25, 0.3) is 11.1 Å². The van der Waals surface area contributed by atoms with Crippen LogP contribution < -0.4 is 5.32 Å². The highest BCUT2D eigenvalue weighted by atomic mass is 14.9. The molecular weight excluding hydrogens is 256 g/mol. The van der Waals surface area contributed by atoms with E-state index in [1.54, 1.807) is 0 Å². The molecule has 2 nitrogen and oxygen atoms in total. The SMILES string of the molecule is Cc1c(-c2cc[nH]c2)ccc2c1CCc1ccccc1N2. The minimum atomic E-state index is 1.09. The summed E-state index contributed by atoms with van der Waals surface area (Å²) in [7, 11) is 0. The molecule has 2 N–H and O–H groups in total. The summed E-state index contributed by atoms with van der Waals surface area (Å²) in [6.07, 6.45) is 6.22. The minimum Gasteiger partial charge on any atom is -0.367 e. The number of nitrogens with one attached hydrogen (secondary N) is 2. The van der Waals surface area contributed by atoms with E-state index < -0.39 is 0 Å². The van der Waals surface area contributed by atoms with Crippen molar-refractivity contribution in [3.8, 4) is 11.1 Å². The summed E-state index contributed by atoms with van der Waals surface area (Å²) >= 11 is 0. The fraction of sp³-hybridized carbons (Fsp3) is 0.158. The van der Waals surface area contributed by atoms with Gasteiger partial charge in [0.1, 0.15) is 0 Å². The van der Waals surface area contributed by atoms with Gasteiger partial charge in [-0.25, -0.2) is 0 Å². The highest BCUT2D eigenvalue weighted by molar-refractivity contribution is 5.76. The Bertz CT molecular complexity index is 785. The number of aromatic nitrogens is 1. The fourth-order valence-corrected chi connectivity index (χ4v) is 3.27. The van der Waals surface area contributed by atoms with Gasteiger partial charge >= 0.3 is 0 Å². The molecule has 0 atom stereocenters. The van der Waals surface area contributed by atoms with Gasteiger partial charge in [-0.2, -0.15) is 0 Å². The summed E-state index contributed by atoms with van der Waals surface area (Å²) in [4.78, 5) is 3.15. The Balaban J connectivity index is 1.82. The Morgan fingerprint density at radius 1 is 0.905 bits per heavy atom. The molecule has 0 spiro atoms. The zero-order chi connectivity index (χ0) is 14.2. The van der Waals surface area contributed by atoms with Crippen LogP contribution in [0, 0.1) is 6.92 Å². The number of benzene rings is 2. The van der Waals surface area contributed by atoms with Gasteiger partial charge < -0.3 is 10.3 Å². The second kappa shape index (κ2) is 4.81. The van der Waals surface area contributed by atoms with Crippen LogP contribution in [0.2, 0.25) is 0 Å². The molecule has 0 bridgehead atoms. The molecule has 3 aromatic rings. The molecule has 1 aromatic heterocycles. The van der Waals surface area contributed by atoms with Gasteiger partial charge in [0, 0.05) is 23.8 Å². The first-order valence-electron chi connectivity index (χ1n) is 7.43. The molecule has 0 saturated heterocycles. The van der Waals surface area contributed by atoms with Crippen molar-refractivity contribution in [2.75, 3.05) is 5.32 Å². The van der Waals surface area contributed by atoms with Crippen LogP contribution in [0.5, 0.6) is 0 Å². The van der Waals surface area contributed by atoms with Crippen molar-refractivity contribution < 1.29 is 0 Å². The van der Waals surface area contributed by atoms with Gasteiger partial charge in [-0.3, -0.25) is 0 Å². The fourth-order valence-electron chi connectivity index (χ4n) is 3.27. The van der Waals surface area contributed by atoms with Crippen LogP contribution in [0.3, 0.4) is 0 Å². The highest BCUT2D eigenvalue weighted by Crippen LogP contribution is 2.35. The van der Waals surface area contributed by atoms with E-state index in [9.17, 15) is 0 Å². The Kier molecular flexibility index (Phi) is 2.81. The van der Waals surface area contributed by atoms with E-state index in [0.717, 1.165) is 12.8 Å². The molecule has 1 aliphatic rings. The first-order valence-corrected chi connectivity index (χ1v) is 7.43. The van der Waals surface area contributed by atoms with E-state index >= 15 is 0 Å². The first-order chi connectivity index (χ1) is 10.3. The number of hydrogen-bond acceptors (Lipinski definition) is 1. The van der Waals surface area contributed by atoms with Crippen LogP contribution in [0.15, 0.2) is 54.9 Å². The quantitative estimate of drug-likeness (QED) is 0.653. The maximum absolute atomic E-state index is 3.61. The van der Waals surface area contributed by atoms with Crippen molar-refractivity contribution in [3.05, 3.63) is 71.5 Å². The Labute approximate surface area is 124 Å². The van der Waals surface area contributed by atoms with Crippen molar-refractivity contribution in [2.24, 2.45) is 0 Å². The molecule has 104 valence electrons.